The lowest BCUT2D eigenvalue weighted by molar-refractivity contribution is -0.139. The number of likely N-dealkylation sites (N-methyl/N-ethyl adjacent to an activating group) is 2. The summed E-state index contributed by atoms with van der Waals surface area (Å²) in [5, 5.41) is 6.62. The third kappa shape index (κ3) is 10.5. The number of halogens is 3. The van der Waals surface area contributed by atoms with Crippen LogP contribution in [0.2, 0.25) is 0 Å². The molecule has 0 saturated heterocycles. The van der Waals surface area contributed by atoms with E-state index >= 15 is 0 Å². The van der Waals surface area contributed by atoms with Gasteiger partial charge in [-0.05, 0) is 38.4 Å². The number of nitrogens with zero attached hydrogens (tertiary/aromatic N) is 5. The number of hydrogen-bond acceptors (Lipinski definition) is 9. The van der Waals surface area contributed by atoms with E-state index in [9.17, 15) is 26.4 Å². The fourth-order valence-electron chi connectivity index (χ4n) is 4.37. The second-order valence-corrected chi connectivity index (χ2v) is 11.9. The van der Waals surface area contributed by atoms with E-state index in [0.717, 1.165) is 12.2 Å². The summed E-state index contributed by atoms with van der Waals surface area (Å²) < 4.78 is 72.4. The highest BCUT2D eigenvalue weighted by Crippen LogP contribution is 2.38. The zero-order valence-corrected chi connectivity index (χ0v) is 26.8. The molecule has 0 radical (unpaired) electrons. The summed E-state index contributed by atoms with van der Waals surface area (Å²) in [7, 11) is 3.73. The summed E-state index contributed by atoms with van der Waals surface area (Å²) in [5.74, 6) is 0.295. The lowest BCUT2D eigenvalue weighted by Crippen LogP contribution is -2.29. The summed E-state index contributed by atoms with van der Waals surface area (Å²) in [5.41, 5.74) is 3.17. The molecule has 0 aliphatic rings. The Bertz CT molecular complexity index is 1790. The first-order valence-corrected chi connectivity index (χ1v) is 15.5. The molecule has 4 aromatic rings. The Kier molecular flexibility index (Phi) is 11.7. The molecule has 0 spiro atoms. The molecule has 12 nitrogen and oxygen atoms in total. The Balaban J connectivity index is 0.00000107. The van der Waals surface area contributed by atoms with Crippen LogP contribution >= 0.6 is 0 Å². The molecule has 0 unspecified atom stereocenters. The van der Waals surface area contributed by atoms with Gasteiger partial charge in [0.1, 0.15) is 12.3 Å². The molecule has 248 valence electrons. The Morgan fingerprint density at radius 2 is 1.80 bits per heavy atom. The molecule has 16 heteroatoms. The van der Waals surface area contributed by atoms with Crippen molar-refractivity contribution < 1.29 is 35.7 Å². The van der Waals surface area contributed by atoms with Crippen molar-refractivity contribution >= 4 is 49.9 Å². The molecule has 2 aromatic heterocycles. The van der Waals surface area contributed by atoms with Gasteiger partial charge < -0.3 is 29.7 Å². The van der Waals surface area contributed by atoms with Gasteiger partial charge in [-0.3, -0.25) is 9.35 Å². The van der Waals surface area contributed by atoms with E-state index in [4.69, 9.17) is 9.29 Å². The Hall–Kier alpha value is -4.67. The number of ether oxygens (including phenoxy) is 1. The number of carbonyl (C=O) groups excluding carboxylic acids is 1. The summed E-state index contributed by atoms with van der Waals surface area (Å²) in [4.78, 5) is 25.2. The van der Waals surface area contributed by atoms with E-state index in [2.05, 4.69) is 32.1 Å². The lowest BCUT2D eigenvalue weighted by Gasteiger charge is -2.26. The van der Waals surface area contributed by atoms with Gasteiger partial charge in [-0.2, -0.15) is 21.6 Å². The monoisotopic (exact) mass is 663 g/mol. The third-order valence-corrected chi connectivity index (χ3v) is 6.37. The zero-order valence-electron chi connectivity index (χ0n) is 26.0. The highest BCUT2D eigenvalue weighted by atomic mass is 32.2. The van der Waals surface area contributed by atoms with Gasteiger partial charge in [-0.25, -0.2) is 9.97 Å². The minimum absolute atomic E-state index is 0.197. The van der Waals surface area contributed by atoms with E-state index in [1.54, 1.807) is 42.5 Å². The van der Waals surface area contributed by atoms with Crippen molar-refractivity contribution in [3.63, 3.8) is 0 Å². The number of aromatic nitrogens is 3. The van der Waals surface area contributed by atoms with Crippen molar-refractivity contribution in [3.05, 3.63) is 67.5 Å². The summed E-state index contributed by atoms with van der Waals surface area (Å²) in [6, 6.07) is 12.0. The van der Waals surface area contributed by atoms with Crippen molar-refractivity contribution in [2.75, 3.05) is 63.1 Å². The maximum atomic E-state index is 13.2. The van der Waals surface area contributed by atoms with Gasteiger partial charge in [0.2, 0.25) is 11.9 Å². The zero-order chi connectivity index (χ0) is 34.2. The van der Waals surface area contributed by atoms with Crippen LogP contribution in [0.3, 0.4) is 0 Å². The highest BCUT2D eigenvalue weighted by Gasteiger charge is 2.29. The first-order chi connectivity index (χ1) is 21.5. The standard InChI is InChI=1S/C29H32F3N7O2.CH4O3S/c1-6-27(40)34-22-15-23(26(41-5)16-25(22)38(4)14-13-37(2)3)36-28-33-12-11-21(35-28)20-17-39(18-29(30,31)32)24-10-8-7-9-19(20)24;1-5(2,3)4/h6-12,15-17H,1,13-14,18H2,2-5H3,(H,34,40)(H,33,35,36);1H3,(H,2,3,4). The Labute approximate surface area is 265 Å². The van der Waals surface area contributed by atoms with Gasteiger partial charge in [0.15, 0.2) is 0 Å². The predicted molar refractivity (Wildman–Crippen MR) is 173 cm³/mol. The molecule has 0 aliphatic carbocycles. The van der Waals surface area contributed by atoms with Gasteiger partial charge in [0.25, 0.3) is 10.1 Å². The van der Waals surface area contributed by atoms with E-state index in [1.807, 2.05) is 26.0 Å². The second-order valence-electron chi connectivity index (χ2n) is 10.4. The number of nitrogens with one attached hydrogen (secondary N) is 2. The van der Waals surface area contributed by atoms with Gasteiger partial charge >= 0.3 is 6.18 Å². The number of amides is 1. The van der Waals surface area contributed by atoms with Crippen LogP contribution in [0.5, 0.6) is 5.75 Å². The number of alkyl halides is 3. The van der Waals surface area contributed by atoms with E-state index in [-0.39, 0.29) is 11.9 Å². The van der Waals surface area contributed by atoms with Crippen LogP contribution in [0.1, 0.15) is 0 Å². The van der Waals surface area contributed by atoms with Crippen molar-refractivity contribution in [2.45, 2.75) is 12.7 Å². The highest BCUT2D eigenvalue weighted by molar-refractivity contribution is 7.85. The van der Waals surface area contributed by atoms with Crippen molar-refractivity contribution in [1.82, 2.24) is 19.4 Å². The van der Waals surface area contributed by atoms with Crippen LogP contribution in [0.25, 0.3) is 22.2 Å². The lowest BCUT2D eigenvalue weighted by atomic mass is 10.1. The van der Waals surface area contributed by atoms with Crippen LogP contribution < -0.4 is 20.3 Å². The van der Waals surface area contributed by atoms with Crippen LogP contribution in [0.15, 0.2) is 67.5 Å². The number of methoxy groups -OCH3 is 1. The summed E-state index contributed by atoms with van der Waals surface area (Å²) >= 11 is 0. The van der Waals surface area contributed by atoms with Gasteiger partial charge in [-0.15, -0.1) is 0 Å². The number of benzene rings is 2. The molecule has 0 atom stereocenters. The van der Waals surface area contributed by atoms with Gasteiger partial charge in [0, 0.05) is 55.1 Å². The van der Waals surface area contributed by atoms with Crippen LogP contribution in [0, 0.1) is 0 Å². The van der Waals surface area contributed by atoms with Crippen LogP contribution in [0.4, 0.5) is 36.2 Å². The Morgan fingerprint density at radius 3 is 2.41 bits per heavy atom. The number of carbonyl (C=O) groups is 1. The molecule has 3 N–H and O–H groups in total. The number of rotatable bonds is 11. The van der Waals surface area contributed by atoms with Crippen LogP contribution in [-0.4, -0.2) is 92.1 Å². The first-order valence-electron chi connectivity index (χ1n) is 13.7. The SMILES string of the molecule is C=CC(=O)Nc1cc(Nc2nccc(-c3cn(CC(F)(F)F)c4ccccc34)n2)c(OC)cc1N(C)CCN(C)C.CS(=O)(=O)O. The molecule has 46 heavy (non-hydrogen) atoms. The van der Waals surface area contributed by atoms with Crippen molar-refractivity contribution in [2.24, 2.45) is 0 Å². The maximum absolute atomic E-state index is 13.2. The molecule has 2 heterocycles. The van der Waals surface area contributed by atoms with Crippen molar-refractivity contribution in [3.8, 4) is 17.0 Å². The van der Waals surface area contributed by atoms with Gasteiger partial charge in [0.05, 0.1) is 36.1 Å². The number of fused-ring (bicyclic) bond motifs is 1. The molecular weight excluding hydrogens is 627 g/mol. The average molecular weight is 664 g/mol. The largest absolute Gasteiger partial charge is 0.494 e. The number of anilines is 4. The molecule has 4 rings (SSSR count). The average Bonchev–Trinajstić information content (AvgIpc) is 3.32. The first kappa shape index (κ1) is 35.8. The normalized spacial score (nSPS) is 11.5. The van der Waals surface area contributed by atoms with E-state index in [1.165, 1.54) is 30.1 Å². The minimum atomic E-state index is -4.38. The maximum Gasteiger partial charge on any atom is 0.406 e. The second kappa shape index (κ2) is 15.1. The van der Waals surface area contributed by atoms with Crippen molar-refractivity contribution in [1.29, 1.82) is 0 Å². The Morgan fingerprint density at radius 1 is 1.13 bits per heavy atom. The quantitative estimate of drug-likeness (QED) is 0.148. The topological polar surface area (TPSA) is 142 Å². The third-order valence-electron chi connectivity index (χ3n) is 6.37. The summed E-state index contributed by atoms with van der Waals surface area (Å²) in [6.45, 7) is 3.90. The fraction of sp³-hybridized carbons (Fsp3) is 0.300. The molecular formula is C30H36F3N7O5S. The number of para-hydroxylation sites is 1. The molecule has 0 bridgehead atoms. The molecule has 0 aliphatic heterocycles. The molecule has 0 fully saturated rings. The molecule has 1 amide bonds. The van der Waals surface area contributed by atoms with E-state index in [0.29, 0.717) is 52.1 Å². The predicted octanol–water partition coefficient (Wildman–Crippen LogP) is 5.04. The minimum Gasteiger partial charge on any atom is -0.494 e. The number of hydrogen-bond donors (Lipinski definition) is 3. The molecule has 0 saturated carbocycles. The molecule has 2 aromatic carbocycles. The van der Waals surface area contributed by atoms with Crippen LogP contribution in [-0.2, 0) is 21.5 Å². The van der Waals surface area contributed by atoms with Gasteiger partial charge in [-0.1, -0.05) is 24.8 Å². The summed E-state index contributed by atoms with van der Waals surface area (Å²) in [6.07, 6.45) is 0.498. The fourth-order valence-corrected chi connectivity index (χ4v) is 4.37. The smallest absolute Gasteiger partial charge is 0.406 e. The van der Waals surface area contributed by atoms with E-state index < -0.39 is 22.8 Å².